The van der Waals surface area contributed by atoms with Crippen molar-refractivity contribution < 1.29 is 18.0 Å². The highest BCUT2D eigenvalue weighted by molar-refractivity contribution is 9.10. The highest BCUT2D eigenvalue weighted by Gasteiger charge is 2.30. The molecule has 1 N–H and O–H groups in total. The highest BCUT2D eigenvalue weighted by Crippen LogP contribution is 2.29. The number of hydrogen-bond donors (Lipinski definition) is 1. The first-order valence-corrected chi connectivity index (χ1v) is 9.03. The Labute approximate surface area is 167 Å². The van der Waals surface area contributed by atoms with Crippen molar-refractivity contribution in [3.8, 4) is 5.69 Å². The second-order valence-electron chi connectivity index (χ2n) is 5.95. The van der Waals surface area contributed by atoms with E-state index >= 15 is 0 Å². The molecule has 8 heteroatoms. The van der Waals surface area contributed by atoms with Crippen LogP contribution in [0.15, 0.2) is 76.4 Å². The van der Waals surface area contributed by atoms with Gasteiger partial charge in [-0.1, -0.05) is 34.1 Å². The maximum Gasteiger partial charge on any atom is 0.416 e. The molecule has 144 valence electrons. The SMILES string of the molecule is O=C(Cc1cccc(C(F)(F)F)c1)N/N=C/c1cccn1-c1ccc(Br)cc1. The van der Waals surface area contributed by atoms with Crippen LogP contribution in [0.1, 0.15) is 16.8 Å². The van der Waals surface area contributed by atoms with Gasteiger partial charge in [0.15, 0.2) is 0 Å². The third-order valence-electron chi connectivity index (χ3n) is 3.89. The summed E-state index contributed by atoms with van der Waals surface area (Å²) in [5, 5.41) is 3.91. The summed E-state index contributed by atoms with van der Waals surface area (Å²) in [6.07, 6.45) is -1.31. The van der Waals surface area contributed by atoms with E-state index in [0.717, 1.165) is 28.0 Å². The zero-order valence-electron chi connectivity index (χ0n) is 14.4. The molecule has 3 rings (SSSR count). The molecule has 0 atom stereocenters. The van der Waals surface area contributed by atoms with E-state index in [-0.39, 0.29) is 12.0 Å². The number of aromatic nitrogens is 1. The summed E-state index contributed by atoms with van der Waals surface area (Å²) >= 11 is 3.38. The molecule has 1 amide bonds. The zero-order chi connectivity index (χ0) is 20.1. The van der Waals surface area contributed by atoms with Crippen LogP contribution in [0, 0.1) is 0 Å². The van der Waals surface area contributed by atoms with E-state index in [1.165, 1.54) is 18.3 Å². The first kappa shape index (κ1) is 19.9. The summed E-state index contributed by atoms with van der Waals surface area (Å²) in [6.45, 7) is 0. The fraction of sp³-hybridized carbons (Fsp3) is 0.100. The van der Waals surface area contributed by atoms with E-state index in [4.69, 9.17) is 0 Å². The van der Waals surface area contributed by atoms with Gasteiger partial charge in [-0.2, -0.15) is 18.3 Å². The number of nitrogens with zero attached hydrogens (tertiary/aromatic N) is 2. The molecule has 0 saturated carbocycles. The Morgan fingerprint density at radius 2 is 1.86 bits per heavy atom. The minimum absolute atomic E-state index is 0.199. The predicted molar refractivity (Wildman–Crippen MR) is 104 cm³/mol. The average Bonchev–Trinajstić information content (AvgIpc) is 3.10. The molecular formula is C20H15BrF3N3O. The van der Waals surface area contributed by atoms with Crippen molar-refractivity contribution in [3.63, 3.8) is 0 Å². The molecule has 0 radical (unpaired) electrons. The van der Waals surface area contributed by atoms with Crippen LogP contribution in [-0.4, -0.2) is 16.7 Å². The number of hydrazone groups is 1. The van der Waals surface area contributed by atoms with Crippen LogP contribution < -0.4 is 5.43 Å². The van der Waals surface area contributed by atoms with Crippen LogP contribution in [0.5, 0.6) is 0 Å². The van der Waals surface area contributed by atoms with Crippen molar-refractivity contribution in [2.24, 2.45) is 5.10 Å². The van der Waals surface area contributed by atoms with Crippen LogP contribution in [0.2, 0.25) is 0 Å². The van der Waals surface area contributed by atoms with Gasteiger partial charge in [-0.05, 0) is 48.0 Å². The molecule has 0 spiro atoms. The molecule has 0 aliphatic carbocycles. The van der Waals surface area contributed by atoms with Crippen LogP contribution >= 0.6 is 15.9 Å². The Bertz CT molecular complexity index is 994. The smallest absolute Gasteiger partial charge is 0.316 e. The fourth-order valence-corrected chi connectivity index (χ4v) is 2.85. The lowest BCUT2D eigenvalue weighted by atomic mass is 10.1. The van der Waals surface area contributed by atoms with Gasteiger partial charge in [0, 0.05) is 16.4 Å². The largest absolute Gasteiger partial charge is 0.416 e. The van der Waals surface area contributed by atoms with Gasteiger partial charge < -0.3 is 4.57 Å². The molecule has 3 aromatic rings. The maximum absolute atomic E-state index is 12.7. The number of benzene rings is 2. The van der Waals surface area contributed by atoms with Gasteiger partial charge in [-0.15, -0.1) is 0 Å². The molecule has 0 aliphatic heterocycles. The molecule has 0 bridgehead atoms. The minimum atomic E-state index is -4.44. The lowest BCUT2D eigenvalue weighted by Gasteiger charge is -2.08. The molecule has 1 heterocycles. The Morgan fingerprint density at radius 1 is 1.11 bits per heavy atom. The molecule has 28 heavy (non-hydrogen) atoms. The molecule has 2 aromatic carbocycles. The van der Waals surface area contributed by atoms with E-state index in [1.54, 1.807) is 0 Å². The van der Waals surface area contributed by atoms with Crippen LogP contribution in [0.25, 0.3) is 5.69 Å². The lowest BCUT2D eigenvalue weighted by molar-refractivity contribution is -0.137. The van der Waals surface area contributed by atoms with E-state index in [0.29, 0.717) is 0 Å². The lowest BCUT2D eigenvalue weighted by Crippen LogP contribution is -2.20. The summed E-state index contributed by atoms with van der Waals surface area (Å²) in [5.74, 6) is -0.502. The number of alkyl halides is 3. The van der Waals surface area contributed by atoms with Crippen molar-refractivity contribution in [1.82, 2.24) is 9.99 Å². The second-order valence-corrected chi connectivity index (χ2v) is 6.86. The number of nitrogens with one attached hydrogen (secondary N) is 1. The summed E-state index contributed by atoms with van der Waals surface area (Å²) in [6, 6.07) is 16.0. The highest BCUT2D eigenvalue weighted by atomic mass is 79.9. The predicted octanol–water partition coefficient (Wildman–Crippen LogP) is 4.95. The average molecular weight is 450 g/mol. The van der Waals surface area contributed by atoms with Crippen LogP contribution in [-0.2, 0) is 17.4 Å². The number of carbonyl (C=O) groups is 1. The third-order valence-corrected chi connectivity index (χ3v) is 4.42. The van der Waals surface area contributed by atoms with Crippen molar-refractivity contribution in [2.75, 3.05) is 0 Å². The number of rotatable bonds is 5. The number of hydrogen-bond acceptors (Lipinski definition) is 2. The molecule has 4 nitrogen and oxygen atoms in total. The Morgan fingerprint density at radius 3 is 2.57 bits per heavy atom. The summed E-state index contributed by atoms with van der Waals surface area (Å²) in [5.41, 5.74) is 3.48. The van der Waals surface area contributed by atoms with Gasteiger partial charge in [0.2, 0.25) is 5.91 Å². The third kappa shape index (κ3) is 5.10. The van der Waals surface area contributed by atoms with Gasteiger partial charge in [0.25, 0.3) is 0 Å². The number of amides is 1. The number of halogens is 4. The first-order chi connectivity index (χ1) is 13.3. The maximum atomic E-state index is 12.7. The van der Waals surface area contributed by atoms with Crippen LogP contribution in [0.4, 0.5) is 13.2 Å². The standard InChI is InChI=1S/C20H15BrF3N3O/c21-16-6-8-17(9-7-16)27-10-2-5-18(27)13-25-26-19(28)12-14-3-1-4-15(11-14)20(22,23)24/h1-11,13H,12H2,(H,26,28)/b25-13+. The van der Waals surface area contributed by atoms with E-state index in [9.17, 15) is 18.0 Å². The van der Waals surface area contributed by atoms with Crippen molar-refractivity contribution >= 4 is 28.1 Å². The molecule has 0 aliphatic rings. The number of carbonyl (C=O) groups excluding carboxylic acids is 1. The zero-order valence-corrected chi connectivity index (χ0v) is 16.0. The summed E-state index contributed by atoms with van der Waals surface area (Å²) < 4.78 is 41.1. The van der Waals surface area contributed by atoms with Gasteiger partial charge in [-0.25, -0.2) is 5.43 Å². The molecule has 0 unspecified atom stereocenters. The monoisotopic (exact) mass is 449 g/mol. The summed E-state index contributed by atoms with van der Waals surface area (Å²) in [4.78, 5) is 12.0. The van der Waals surface area contributed by atoms with Crippen molar-refractivity contribution in [1.29, 1.82) is 0 Å². The van der Waals surface area contributed by atoms with Crippen LogP contribution in [0.3, 0.4) is 0 Å². The van der Waals surface area contributed by atoms with Crippen molar-refractivity contribution in [2.45, 2.75) is 12.6 Å². The van der Waals surface area contributed by atoms with E-state index in [2.05, 4.69) is 26.5 Å². The van der Waals surface area contributed by atoms with E-state index < -0.39 is 17.6 Å². The van der Waals surface area contributed by atoms with Gasteiger partial charge in [-0.3, -0.25) is 4.79 Å². The Balaban J connectivity index is 1.64. The Hall–Kier alpha value is -2.87. The summed E-state index contributed by atoms with van der Waals surface area (Å²) in [7, 11) is 0. The van der Waals surface area contributed by atoms with Gasteiger partial charge in [0.05, 0.1) is 23.9 Å². The van der Waals surface area contributed by atoms with Crippen molar-refractivity contribution in [3.05, 3.63) is 88.2 Å². The van der Waals surface area contributed by atoms with Gasteiger partial charge >= 0.3 is 6.18 Å². The Kier molecular flexibility index (Phi) is 5.99. The van der Waals surface area contributed by atoms with E-state index in [1.807, 2.05) is 47.2 Å². The molecular weight excluding hydrogens is 435 g/mol. The molecule has 0 fully saturated rings. The molecule has 1 aromatic heterocycles. The topological polar surface area (TPSA) is 46.4 Å². The normalized spacial score (nSPS) is 11.7. The minimum Gasteiger partial charge on any atom is -0.316 e. The quantitative estimate of drug-likeness (QED) is 0.434. The second kappa shape index (κ2) is 8.43. The first-order valence-electron chi connectivity index (χ1n) is 8.24. The molecule has 0 saturated heterocycles. The van der Waals surface area contributed by atoms with Gasteiger partial charge in [0.1, 0.15) is 0 Å². The fourth-order valence-electron chi connectivity index (χ4n) is 2.59.